The summed E-state index contributed by atoms with van der Waals surface area (Å²) in [6.07, 6.45) is 4.12. The Morgan fingerprint density at radius 1 is 1.75 bits per heavy atom. The van der Waals surface area contributed by atoms with Crippen molar-refractivity contribution in [3.05, 3.63) is 29.6 Å². The Labute approximate surface area is 131 Å². The molecule has 85 valence electrons. The predicted molar refractivity (Wildman–Crippen MR) is 55.6 cm³/mol. The molecule has 5 heteroatoms. The maximum absolute atomic E-state index is 11.3. The van der Waals surface area contributed by atoms with E-state index >= 15 is 0 Å². The van der Waals surface area contributed by atoms with Crippen LogP contribution in [0.4, 0.5) is 0 Å². The van der Waals surface area contributed by atoms with Crippen LogP contribution < -0.4 is 0 Å². The third kappa shape index (κ3) is 3.16. The molecule has 2 rings (SSSR count). The quantitative estimate of drug-likeness (QED) is 0.379. The van der Waals surface area contributed by atoms with Gasteiger partial charge in [-0.2, -0.15) is 0 Å². The van der Waals surface area contributed by atoms with E-state index in [0.29, 0.717) is 18.6 Å². The van der Waals surface area contributed by atoms with Crippen molar-refractivity contribution in [3.63, 3.8) is 0 Å². The summed E-state index contributed by atoms with van der Waals surface area (Å²) >= 11 is 0. The number of hydrogen-bond acceptors (Lipinski definition) is 3. The monoisotopic (exact) mass is 435 g/mol. The SMILES string of the molecule is C=CCOC1C=C(C(=O)OC)CC2[N-]C21.[Ac]. The second kappa shape index (κ2) is 6.30. The summed E-state index contributed by atoms with van der Waals surface area (Å²) in [6.45, 7) is 4.07. The van der Waals surface area contributed by atoms with Crippen molar-refractivity contribution in [3.8, 4) is 0 Å². The Kier molecular flexibility index (Phi) is 5.66. The molecule has 16 heavy (non-hydrogen) atoms. The number of nitrogens with zero attached hydrogens (tertiary/aromatic N) is 1. The Balaban J connectivity index is 0.00000128. The first-order chi connectivity index (χ1) is 7.26. The molecule has 2 aliphatic rings. The van der Waals surface area contributed by atoms with Crippen molar-refractivity contribution in [2.75, 3.05) is 13.7 Å². The summed E-state index contributed by atoms with van der Waals surface area (Å²) in [6, 6.07) is 0.484. The topological polar surface area (TPSA) is 49.6 Å². The molecule has 1 saturated heterocycles. The van der Waals surface area contributed by atoms with E-state index in [1.54, 1.807) is 6.08 Å². The summed E-state index contributed by atoms with van der Waals surface area (Å²) in [5, 5.41) is 4.34. The summed E-state index contributed by atoms with van der Waals surface area (Å²) in [5.41, 5.74) is 0.675. The molecule has 0 saturated carbocycles. The number of rotatable bonds is 4. The van der Waals surface area contributed by atoms with Gasteiger partial charge >= 0.3 is 5.97 Å². The Morgan fingerprint density at radius 3 is 3.12 bits per heavy atom. The first-order valence-corrected chi connectivity index (χ1v) is 4.97. The maximum atomic E-state index is 11.3. The minimum atomic E-state index is -0.275. The van der Waals surface area contributed by atoms with Crippen LogP contribution >= 0.6 is 0 Å². The van der Waals surface area contributed by atoms with E-state index in [0.717, 1.165) is 0 Å². The summed E-state index contributed by atoms with van der Waals surface area (Å²) < 4.78 is 10.2. The second-order valence-electron chi connectivity index (χ2n) is 3.68. The maximum Gasteiger partial charge on any atom is 0.333 e. The third-order valence-corrected chi connectivity index (χ3v) is 2.65. The van der Waals surface area contributed by atoms with Gasteiger partial charge in [-0.3, -0.25) is 0 Å². The van der Waals surface area contributed by atoms with Crippen molar-refractivity contribution in [1.82, 2.24) is 0 Å². The van der Waals surface area contributed by atoms with Gasteiger partial charge in [-0.1, -0.05) is 6.08 Å². The molecule has 1 heterocycles. The van der Waals surface area contributed by atoms with Gasteiger partial charge in [-0.25, -0.2) is 4.79 Å². The standard InChI is InChI=1S/C11H14NO3.Ac/c1-3-4-15-9-6-7(11(13)14-2)5-8-10(9)12-8;/h3,6,8-10H,1,4-5H2,2H3;/q-1;. The molecule has 0 aromatic rings. The van der Waals surface area contributed by atoms with Crippen molar-refractivity contribution in [2.45, 2.75) is 24.6 Å². The van der Waals surface area contributed by atoms with E-state index in [-0.39, 0.29) is 68.2 Å². The molecule has 4 nitrogen and oxygen atoms in total. The van der Waals surface area contributed by atoms with Crippen LogP contribution in [-0.2, 0) is 14.3 Å². The van der Waals surface area contributed by atoms with Gasteiger partial charge in [-0.15, -0.1) is 18.7 Å². The largest absolute Gasteiger partial charge is 0.656 e. The van der Waals surface area contributed by atoms with Crippen molar-refractivity contribution < 1.29 is 58.3 Å². The van der Waals surface area contributed by atoms with Crippen molar-refractivity contribution in [2.24, 2.45) is 0 Å². The smallest absolute Gasteiger partial charge is 0.333 e. The van der Waals surface area contributed by atoms with E-state index in [9.17, 15) is 4.79 Å². The zero-order valence-electron chi connectivity index (χ0n) is 9.26. The molecular formula is C11H14AcNO3-. The summed E-state index contributed by atoms with van der Waals surface area (Å²) in [7, 11) is 1.39. The fourth-order valence-electron chi connectivity index (χ4n) is 1.85. The second-order valence-corrected chi connectivity index (χ2v) is 3.68. The molecule has 1 aliphatic heterocycles. The average Bonchev–Trinajstić information content (AvgIpc) is 3.03. The molecule has 0 aromatic heterocycles. The number of esters is 1. The average molecular weight is 435 g/mol. The zero-order chi connectivity index (χ0) is 10.8. The molecule has 0 bridgehead atoms. The van der Waals surface area contributed by atoms with E-state index < -0.39 is 0 Å². The fraction of sp³-hybridized carbons (Fsp3) is 0.545. The predicted octanol–water partition coefficient (Wildman–Crippen LogP) is 1.19. The summed E-state index contributed by atoms with van der Waals surface area (Å²) in [4.78, 5) is 11.3. The van der Waals surface area contributed by atoms with Crippen LogP contribution in [0.15, 0.2) is 24.3 Å². The minimum absolute atomic E-state index is 0. The van der Waals surface area contributed by atoms with E-state index in [4.69, 9.17) is 4.74 Å². The molecule has 0 N–H and O–H groups in total. The molecule has 1 radical (unpaired) electrons. The fourth-order valence-corrected chi connectivity index (χ4v) is 1.85. The van der Waals surface area contributed by atoms with E-state index in [2.05, 4.69) is 16.6 Å². The van der Waals surface area contributed by atoms with E-state index in [1.165, 1.54) is 7.11 Å². The molecular weight excluding hydrogens is 421 g/mol. The number of ether oxygens (including phenoxy) is 2. The van der Waals surface area contributed by atoms with Gasteiger partial charge in [-0.05, 0) is 12.5 Å². The first kappa shape index (κ1) is 14.4. The number of hydrogen-bond donors (Lipinski definition) is 0. The molecule has 0 amide bonds. The van der Waals surface area contributed by atoms with Crippen LogP contribution in [0.25, 0.3) is 5.32 Å². The Morgan fingerprint density at radius 2 is 2.50 bits per heavy atom. The zero-order valence-corrected chi connectivity index (χ0v) is 14.0. The van der Waals surface area contributed by atoms with Crippen LogP contribution in [0.2, 0.25) is 0 Å². The van der Waals surface area contributed by atoms with Crippen LogP contribution in [0.5, 0.6) is 0 Å². The number of fused-ring (bicyclic) bond motifs is 1. The van der Waals surface area contributed by atoms with Gasteiger partial charge in [0.2, 0.25) is 0 Å². The van der Waals surface area contributed by atoms with Gasteiger partial charge in [0.05, 0.1) is 19.8 Å². The molecule has 0 aromatic carbocycles. The van der Waals surface area contributed by atoms with Gasteiger partial charge in [0.15, 0.2) is 0 Å². The third-order valence-electron chi connectivity index (χ3n) is 2.65. The Bertz CT molecular complexity index is 316. The van der Waals surface area contributed by atoms with Crippen LogP contribution in [0.1, 0.15) is 6.42 Å². The first-order valence-electron chi connectivity index (χ1n) is 4.97. The summed E-state index contributed by atoms with van der Waals surface area (Å²) in [5.74, 6) is -0.275. The van der Waals surface area contributed by atoms with Crippen molar-refractivity contribution in [1.29, 1.82) is 0 Å². The van der Waals surface area contributed by atoms with Crippen LogP contribution in [-0.4, -0.2) is 37.9 Å². The van der Waals surface area contributed by atoms with Gasteiger partial charge in [0, 0.05) is 49.6 Å². The Hall–Kier alpha value is 0.312. The van der Waals surface area contributed by atoms with Gasteiger partial charge in [0.25, 0.3) is 0 Å². The van der Waals surface area contributed by atoms with Crippen LogP contribution in [0.3, 0.4) is 0 Å². The van der Waals surface area contributed by atoms with Crippen LogP contribution in [0, 0.1) is 44.1 Å². The number of carbonyl (C=O) groups excluding carboxylic acids is 1. The number of carbonyl (C=O) groups is 1. The molecule has 0 spiro atoms. The van der Waals surface area contributed by atoms with E-state index in [1.807, 2.05) is 6.08 Å². The molecule has 3 unspecified atom stereocenters. The molecule has 1 fully saturated rings. The van der Waals surface area contributed by atoms with Crippen molar-refractivity contribution >= 4 is 5.97 Å². The van der Waals surface area contributed by atoms with Gasteiger partial charge in [0.1, 0.15) is 0 Å². The molecule has 3 atom stereocenters. The molecule has 1 aliphatic carbocycles. The minimum Gasteiger partial charge on any atom is -0.656 e. The normalized spacial score (nSPS) is 30.6. The van der Waals surface area contributed by atoms with Gasteiger partial charge < -0.3 is 14.8 Å². The number of methoxy groups -OCH3 is 1.